The Bertz CT molecular complexity index is 1350. The Morgan fingerprint density at radius 3 is 2.07 bits per heavy atom. The first-order valence-electron chi connectivity index (χ1n) is 9.80. The number of aryl methyl sites for hydroxylation is 3. The highest BCUT2D eigenvalue weighted by molar-refractivity contribution is 7.86. The molecule has 0 radical (unpaired) electrons. The first-order chi connectivity index (χ1) is 13.8. The van der Waals surface area contributed by atoms with E-state index in [1.807, 2.05) is 19.1 Å². The van der Waals surface area contributed by atoms with Gasteiger partial charge in [-0.25, -0.2) is 0 Å². The van der Waals surface area contributed by atoms with E-state index in [-0.39, 0.29) is 4.90 Å². The summed E-state index contributed by atoms with van der Waals surface area (Å²) in [6.45, 7) is 6.29. The quantitative estimate of drug-likeness (QED) is 0.424. The summed E-state index contributed by atoms with van der Waals surface area (Å²) in [5.41, 5.74) is 5.87. The zero-order chi connectivity index (χ0) is 20.8. The van der Waals surface area contributed by atoms with Crippen molar-refractivity contribution in [2.75, 3.05) is 0 Å². The van der Waals surface area contributed by atoms with Crippen LogP contribution in [0, 0.1) is 13.8 Å². The molecule has 0 aliphatic heterocycles. The zero-order valence-corrected chi connectivity index (χ0v) is 17.7. The summed E-state index contributed by atoms with van der Waals surface area (Å²) >= 11 is 0. The third-order valence-electron chi connectivity index (χ3n) is 5.76. The Labute approximate surface area is 171 Å². The van der Waals surface area contributed by atoms with Gasteiger partial charge in [0, 0.05) is 5.39 Å². The summed E-state index contributed by atoms with van der Waals surface area (Å²) in [6.07, 6.45) is 1.67. The van der Waals surface area contributed by atoms with Gasteiger partial charge in [-0.15, -0.1) is 0 Å². The van der Waals surface area contributed by atoms with Gasteiger partial charge in [-0.05, 0) is 76.7 Å². The minimum Gasteiger partial charge on any atom is -0.282 e. The predicted octanol–water partition coefficient (Wildman–Crippen LogP) is 6.01. The molecule has 1 N–H and O–H groups in total. The second kappa shape index (κ2) is 7.29. The van der Waals surface area contributed by atoms with Crippen LogP contribution >= 0.6 is 0 Å². The molecule has 4 aromatic carbocycles. The molecule has 0 spiro atoms. The van der Waals surface area contributed by atoms with Crippen molar-refractivity contribution in [3.63, 3.8) is 0 Å². The van der Waals surface area contributed by atoms with Gasteiger partial charge in [-0.1, -0.05) is 61.5 Å². The van der Waals surface area contributed by atoms with Gasteiger partial charge in [0.15, 0.2) is 0 Å². The molecule has 3 nitrogen and oxygen atoms in total. The lowest BCUT2D eigenvalue weighted by molar-refractivity contribution is 0.484. The Balaban J connectivity index is 1.96. The van der Waals surface area contributed by atoms with E-state index in [0.29, 0.717) is 11.8 Å². The smallest absolute Gasteiger partial charge is 0.282 e. The van der Waals surface area contributed by atoms with Crippen LogP contribution in [0.2, 0.25) is 0 Å². The second-order valence-corrected chi connectivity index (χ2v) is 9.00. The first kappa shape index (κ1) is 19.6. The summed E-state index contributed by atoms with van der Waals surface area (Å²) in [5.74, 6) is 0. The third kappa shape index (κ3) is 3.43. The molecule has 0 aliphatic carbocycles. The Morgan fingerprint density at radius 2 is 1.34 bits per heavy atom. The molecular formula is C25H24O3S. The average Bonchev–Trinajstić information content (AvgIpc) is 2.68. The summed E-state index contributed by atoms with van der Waals surface area (Å²) in [5, 5.41) is 4.01. The van der Waals surface area contributed by atoms with Crippen molar-refractivity contribution in [2.24, 2.45) is 0 Å². The molecule has 4 heteroatoms. The summed E-state index contributed by atoms with van der Waals surface area (Å²) in [4.78, 5) is -0.0398. The largest absolute Gasteiger partial charge is 0.295 e. The number of hydrogen-bond acceptors (Lipinski definition) is 2. The topological polar surface area (TPSA) is 54.4 Å². The molecule has 0 unspecified atom stereocenters. The molecule has 148 valence electrons. The van der Waals surface area contributed by atoms with Crippen LogP contribution in [0.5, 0.6) is 0 Å². The van der Waals surface area contributed by atoms with Gasteiger partial charge in [-0.2, -0.15) is 8.42 Å². The van der Waals surface area contributed by atoms with Crippen LogP contribution in [-0.2, 0) is 23.0 Å². The standard InChI is InChI=1S/C25H24O3S/c1-4-18-12-13-19(21-9-5-7-16(2)24(18)21)15-20-8-6-10-22-23(29(26,27)28)14-11-17(3)25(20)22/h5-14H,4,15H2,1-3H3,(H,26,27,28). The number of hydrogen-bond donors (Lipinski definition) is 1. The zero-order valence-electron chi connectivity index (χ0n) is 16.9. The van der Waals surface area contributed by atoms with Crippen LogP contribution in [0.4, 0.5) is 0 Å². The van der Waals surface area contributed by atoms with Gasteiger partial charge >= 0.3 is 0 Å². The lowest BCUT2D eigenvalue weighted by Crippen LogP contribution is -2.01. The minimum atomic E-state index is -4.29. The van der Waals surface area contributed by atoms with Crippen LogP contribution < -0.4 is 0 Å². The van der Waals surface area contributed by atoms with E-state index >= 15 is 0 Å². The molecule has 0 fully saturated rings. The van der Waals surface area contributed by atoms with Gasteiger partial charge in [0.2, 0.25) is 0 Å². The molecule has 0 saturated carbocycles. The van der Waals surface area contributed by atoms with Crippen molar-refractivity contribution in [3.8, 4) is 0 Å². The highest BCUT2D eigenvalue weighted by Gasteiger charge is 2.17. The average molecular weight is 405 g/mol. The van der Waals surface area contributed by atoms with E-state index in [2.05, 4.69) is 44.2 Å². The predicted molar refractivity (Wildman–Crippen MR) is 119 cm³/mol. The van der Waals surface area contributed by atoms with Crippen molar-refractivity contribution >= 4 is 31.7 Å². The molecular weight excluding hydrogens is 380 g/mol. The van der Waals surface area contributed by atoms with Crippen LogP contribution in [0.3, 0.4) is 0 Å². The van der Waals surface area contributed by atoms with Crippen LogP contribution in [0.1, 0.15) is 34.7 Å². The van der Waals surface area contributed by atoms with E-state index in [4.69, 9.17) is 0 Å². The van der Waals surface area contributed by atoms with E-state index in [0.717, 1.165) is 22.9 Å². The maximum atomic E-state index is 11.9. The van der Waals surface area contributed by atoms with E-state index in [1.165, 1.54) is 33.5 Å². The van der Waals surface area contributed by atoms with Crippen LogP contribution in [0.15, 0.2) is 65.6 Å². The van der Waals surface area contributed by atoms with Crippen molar-refractivity contribution in [1.29, 1.82) is 0 Å². The molecule has 0 aliphatic rings. The van der Waals surface area contributed by atoms with Crippen LogP contribution in [-0.4, -0.2) is 13.0 Å². The fraction of sp³-hybridized carbons (Fsp3) is 0.200. The second-order valence-electron chi connectivity index (χ2n) is 7.61. The van der Waals surface area contributed by atoms with E-state index in [1.54, 1.807) is 12.1 Å². The molecule has 0 heterocycles. The monoisotopic (exact) mass is 404 g/mol. The minimum absolute atomic E-state index is 0.0398. The van der Waals surface area contributed by atoms with Crippen molar-refractivity contribution in [1.82, 2.24) is 0 Å². The van der Waals surface area contributed by atoms with Gasteiger partial charge in [0.25, 0.3) is 10.1 Å². The number of rotatable bonds is 4. The maximum Gasteiger partial charge on any atom is 0.295 e. The number of fused-ring (bicyclic) bond motifs is 2. The molecule has 0 atom stereocenters. The lowest BCUT2D eigenvalue weighted by atomic mass is 9.90. The fourth-order valence-corrected chi connectivity index (χ4v) is 5.10. The van der Waals surface area contributed by atoms with Crippen molar-refractivity contribution < 1.29 is 13.0 Å². The summed E-state index contributed by atoms with van der Waals surface area (Å²) in [6, 6.07) is 19.7. The molecule has 29 heavy (non-hydrogen) atoms. The molecule has 0 bridgehead atoms. The normalized spacial score (nSPS) is 12.0. The highest BCUT2D eigenvalue weighted by Crippen LogP contribution is 2.33. The first-order valence-corrected chi connectivity index (χ1v) is 11.2. The lowest BCUT2D eigenvalue weighted by Gasteiger charge is -2.15. The third-order valence-corrected chi connectivity index (χ3v) is 6.67. The van der Waals surface area contributed by atoms with E-state index < -0.39 is 10.1 Å². The van der Waals surface area contributed by atoms with Gasteiger partial charge in [-0.3, -0.25) is 4.55 Å². The van der Waals surface area contributed by atoms with Gasteiger partial charge in [0.1, 0.15) is 4.90 Å². The van der Waals surface area contributed by atoms with Crippen molar-refractivity contribution in [2.45, 2.75) is 38.5 Å². The van der Waals surface area contributed by atoms with Crippen LogP contribution in [0.25, 0.3) is 21.5 Å². The molecule has 0 saturated heterocycles. The van der Waals surface area contributed by atoms with Gasteiger partial charge < -0.3 is 0 Å². The molecule has 4 rings (SSSR count). The Kier molecular flexibility index (Phi) is 4.93. The Morgan fingerprint density at radius 1 is 0.724 bits per heavy atom. The summed E-state index contributed by atoms with van der Waals surface area (Å²) in [7, 11) is -4.29. The summed E-state index contributed by atoms with van der Waals surface area (Å²) < 4.78 is 33.4. The fourth-order valence-electron chi connectivity index (χ4n) is 4.41. The van der Waals surface area contributed by atoms with E-state index in [9.17, 15) is 13.0 Å². The Hall–Kier alpha value is -2.69. The number of benzene rings is 4. The maximum absolute atomic E-state index is 11.9. The molecule has 0 amide bonds. The molecule has 0 aromatic heterocycles. The SMILES string of the molecule is CCc1ccc(Cc2cccc3c(S(=O)(=O)O)ccc(C)c23)c2cccc(C)c12. The molecule has 4 aromatic rings. The highest BCUT2D eigenvalue weighted by atomic mass is 32.2. The van der Waals surface area contributed by atoms with Gasteiger partial charge in [0.05, 0.1) is 0 Å². The van der Waals surface area contributed by atoms with Crippen molar-refractivity contribution in [3.05, 3.63) is 88.5 Å².